The summed E-state index contributed by atoms with van der Waals surface area (Å²) in [4.78, 5) is 50.7. The predicted molar refractivity (Wildman–Crippen MR) is 112 cm³/mol. The van der Waals surface area contributed by atoms with Crippen LogP contribution in [0.4, 0.5) is 0 Å². The Morgan fingerprint density at radius 1 is 1.17 bits per heavy atom. The normalized spacial score (nSPS) is 19.5. The largest absolute Gasteiger partial charge is 0.480 e. The molecule has 29 heavy (non-hydrogen) atoms. The monoisotopic (exact) mass is 430 g/mol. The molecule has 1 heterocycles. The van der Waals surface area contributed by atoms with E-state index in [1.165, 1.54) is 16.7 Å². The van der Waals surface area contributed by atoms with Crippen LogP contribution in [0.3, 0.4) is 0 Å². The molecule has 5 N–H and O–H groups in total. The van der Waals surface area contributed by atoms with Gasteiger partial charge in [-0.3, -0.25) is 14.4 Å². The van der Waals surface area contributed by atoms with E-state index in [1.54, 1.807) is 6.92 Å². The second-order valence-corrected chi connectivity index (χ2v) is 8.84. The van der Waals surface area contributed by atoms with Crippen molar-refractivity contribution < 1.29 is 24.3 Å². The van der Waals surface area contributed by atoms with Crippen LogP contribution in [-0.2, 0) is 19.2 Å². The Morgan fingerprint density at radius 3 is 2.34 bits per heavy atom. The van der Waals surface area contributed by atoms with Crippen LogP contribution in [-0.4, -0.2) is 76.4 Å². The predicted octanol–water partition coefficient (Wildman–Crippen LogP) is 0.178. The highest BCUT2D eigenvalue weighted by Gasteiger charge is 2.37. The third-order valence-corrected chi connectivity index (χ3v) is 5.44. The minimum Gasteiger partial charge on any atom is -0.480 e. The standard InChI is InChI=1S/C19H34N4O5S/c1-11(2)10-14(19(27)28)22-16(24)13(7-9-29-4)21-17(25)15-6-5-8-23(15)18(26)12(3)20/h11-15H,5-10,20H2,1-4H3,(H,21,25)(H,22,24)(H,27,28)/t12-,13-,14-,15-/m0/s1. The van der Waals surface area contributed by atoms with Gasteiger partial charge in [0, 0.05) is 6.54 Å². The van der Waals surface area contributed by atoms with Gasteiger partial charge in [0.05, 0.1) is 6.04 Å². The molecular formula is C19H34N4O5S. The molecule has 0 saturated carbocycles. The second-order valence-electron chi connectivity index (χ2n) is 7.85. The number of nitrogens with two attached hydrogens (primary N) is 1. The van der Waals surface area contributed by atoms with E-state index in [0.29, 0.717) is 38.0 Å². The van der Waals surface area contributed by atoms with Crippen LogP contribution >= 0.6 is 11.8 Å². The van der Waals surface area contributed by atoms with E-state index in [2.05, 4.69) is 10.6 Å². The van der Waals surface area contributed by atoms with E-state index >= 15 is 0 Å². The van der Waals surface area contributed by atoms with E-state index in [9.17, 15) is 24.3 Å². The number of hydrogen-bond donors (Lipinski definition) is 4. The van der Waals surface area contributed by atoms with Crippen LogP contribution in [0.1, 0.15) is 46.5 Å². The molecule has 166 valence electrons. The Morgan fingerprint density at radius 2 is 1.83 bits per heavy atom. The fourth-order valence-corrected chi connectivity index (χ4v) is 3.77. The van der Waals surface area contributed by atoms with Crippen molar-refractivity contribution in [1.29, 1.82) is 0 Å². The van der Waals surface area contributed by atoms with Gasteiger partial charge in [-0.05, 0) is 50.5 Å². The zero-order chi connectivity index (χ0) is 22.1. The van der Waals surface area contributed by atoms with Crippen LogP contribution in [0.15, 0.2) is 0 Å². The molecule has 9 nitrogen and oxygen atoms in total. The zero-order valence-electron chi connectivity index (χ0n) is 17.6. The molecule has 10 heteroatoms. The molecule has 1 fully saturated rings. The number of carboxylic acid groups (broad SMARTS) is 1. The summed E-state index contributed by atoms with van der Waals surface area (Å²) in [6.45, 7) is 5.78. The minimum absolute atomic E-state index is 0.0898. The maximum Gasteiger partial charge on any atom is 0.326 e. The molecule has 4 atom stereocenters. The quantitative estimate of drug-likeness (QED) is 0.366. The van der Waals surface area contributed by atoms with Crippen molar-refractivity contribution in [3.63, 3.8) is 0 Å². The highest BCUT2D eigenvalue weighted by atomic mass is 32.2. The van der Waals surface area contributed by atoms with Crippen molar-refractivity contribution in [2.45, 2.75) is 70.6 Å². The average Bonchev–Trinajstić information content (AvgIpc) is 3.12. The summed E-state index contributed by atoms with van der Waals surface area (Å²) in [5, 5.41) is 14.6. The smallest absolute Gasteiger partial charge is 0.326 e. The number of thioether (sulfide) groups is 1. The van der Waals surface area contributed by atoms with Crippen molar-refractivity contribution in [1.82, 2.24) is 15.5 Å². The SMILES string of the molecule is CSCC[C@H](NC(=O)[C@@H]1CCCN1C(=O)[C@H](C)N)C(=O)N[C@@H](CC(C)C)C(=O)O. The summed E-state index contributed by atoms with van der Waals surface area (Å²) in [7, 11) is 0. The lowest BCUT2D eigenvalue weighted by Gasteiger charge is -2.28. The summed E-state index contributed by atoms with van der Waals surface area (Å²) in [6, 6.07) is -3.24. The molecular weight excluding hydrogens is 396 g/mol. The number of nitrogens with zero attached hydrogens (tertiary/aromatic N) is 1. The molecule has 3 amide bonds. The Bertz CT molecular complexity index is 599. The lowest BCUT2D eigenvalue weighted by Crippen LogP contribution is -2.56. The molecule has 1 saturated heterocycles. The molecule has 0 bridgehead atoms. The average molecular weight is 431 g/mol. The number of nitrogens with one attached hydrogen (secondary N) is 2. The lowest BCUT2D eigenvalue weighted by atomic mass is 10.0. The summed E-state index contributed by atoms with van der Waals surface area (Å²) >= 11 is 1.52. The van der Waals surface area contributed by atoms with Gasteiger partial charge in [-0.15, -0.1) is 0 Å². The number of amides is 3. The van der Waals surface area contributed by atoms with Gasteiger partial charge in [0.2, 0.25) is 17.7 Å². The van der Waals surface area contributed by atoms with Gasteiger partial charge in [-0.1, -0.05) is 13.8 Å². The fraction of sp³-hybridized carbons (Fsp3) is 0.789. The third kappa shape index (κ3) is 7.85. The third-order valence-electron chi connectivity index (χ3n) is 4.79. The number of carbonyl (C=O) groups excluding carboxylic acids is 3. The van der Waals surface area contributed by atoms with Gasteiger partial charge >= 0.3 is 5.97 Å². The molecule has 1 rings (SSSR count). The number of carboxylic acids is 1. The lowest BCUT2D eigenvalue weighted by molar-refractivity contribution is -0.143. The Balaban J connectivity index is 2.86. The van der Waals surface area contributed by atoms with Gasteiger partial charge in [0.25, 0.3) is 0 Å². The minimum atomic E-state index is -1.11. The van der Waals surface area contributed by atoms with E-state index in [1.807, 2.05) is 20.1 Å². The van der Waals surface area contributed by atoms with Crippen molar-refractivity contribution in [2.75, 3.05) is 18.6 Å². The molecule has 1 aliphatic heterocycles. The molecule has 0 radical (unpaired) electrons. The van der Waals surface area contributed by atoms with Gasteiger partial charge in [-0.25, -0.2) is 4.79 Å². The Labute approximate surface area is 176 Å². The first kappa shape index (κ1) is 25.2. The summed E-state index contributed by atoms with van der Waals surface area (Å²) in [5.41, 5.74) is 5.67. The van der Waals surface area contributed by atoms with Crippen LogP contribution < -0.4 is 16.4 Å². The number of carbonyl (C=O) groups is 4. The maximum atomic E-state index is 12.8. The van der Waals surface area contributed by atoms with Gasteiger partial charge in [-0.2, -0.15) is 11.8 Å². The molecule has 0 unspecified atom stereocenters. The van der Waals surface area contributed by atoms with Gasteiger partial charge < -0.3 is 26.4 Å². The number of aliphatic carboxylic acids is 1. The Hall–Kier alpha value is -1.81. The first-order chi connectivity index (χ1) is 13.6. The number of likely N-dealkylation sites (tertiary alicyclic amines) is 1. The topological polar surface area (TPSA) is 142 Å². The van der Waals surface area contributed by atoms with Crippen LogP contribution in [0, 0.1) is 5.92 Å². The van der Waals surface area contributed by atoms with Crippen LogP contribution in [0.5, 0.6) is 0 Å². The van der Waals surface area contributed by atoms with E-state index in [4.69, 9.17) is 5.73 Å². The van der Waals surface area contributed by atoms with Crippen molar-refractivity contribution in [3.8, 4) is 0 Å². The molecule has 0 aromatic heterocycles. The maximum absolute atomic E-state index is 12.8. The zero-order valence-corrected chi connectivity index (χ0v) is 18.5. The summed E-state index contributed by atoms with van der Waals surface area (Å²) in [5.74, 6) is -1.63. The molecule has 0 aliphatic carbocycles. The molecule has 0 aromatic carbocycles. The first-order valence-corrected chi connectivity index (χ1v) is 11.4. The van der Waals surface area contributed by atoms with E-state index < -0.39 is 42.0 Å². The highest BCUT2D eigenvalue weighted by Crippen LogP contribution is 2.19. The van der Waals surface area contributed by atoms with E-state index in [0.717, 1.165) is 0 Å². The van der Waals surface area contributed by atoms with Crippen molar-refractivity contribution in [2.24, 2.45) is 11.7 Å². The highest BCUT2D eigenvalue weighted by molar-refractivity contribution is 7.98. The Kier molecular flexibility index (Phi) is 10.5. The van der Waals surface area contributed by atoms with Crippen molar-refractivity contribution >= 4 is 35.5 Å². The van der Waals surface area contributed by atoms with Crippen LogP contribution in [0.2, 0.25) is 0 Å². The summed E-state index contributed by atoms with van der Waals surface area (Å²) < 4.78 is 0. The van der Waals surface area contributed by atoms with Crippen LogP contribution in [0.25, 0.3) is 0 Å². The van der Waals surface area contributed by atoms with Gasteiger partial charge in [0.15, 0.2) is 0 Å². The summed E-state index contributed by atoms with van der Waals surface area (Å²) in [6.07, 6.45) is 3.74. The second kappa shape index (κ2) is 12.0. The first-order valence-electron chi connectivity index (χ1n) is 9.97. The molecule has 0 spiro atoms. The van der Waals surface area contributed by atoms with Gasteiger partial charge in [0.1, 0.15) is 18.1 Å². The fourth-order valence-electron chi connectivity index (χ4n) is 3.30. The van der Waals surface area contributed by atoms with Crippen molar-refractivity contribution in [3.05, 3.63) is 0 Å². The number of hydrogen-bond acceptors (Lipinski definition) is 6. The molecule has 0 aromatic rings. The molecule has 1 aliphatic rings. The van der Waals surface area contributed by atoms with E-state index in [-0.39, 0.29) is 11.8 Å². The number of rotatable bonds is 11.